The number of primary amides is 1. The van der Waals surface area contributed by atoms with Gasteiger partial charge in [0.05, 0.1) is 21.8 Å². The Morgan fingerprint density at radius 1 is 1.19 bits per heavy atom. The summed E-state index contributed by atoms with van der Waals surface area (Å²) in [6.07, 6.45) is -0.960. The first-order valence-corrected chi connectivity index (χ1v) is 11.1. The zero-order chi connectivity index (χ0) is 22.9. The number of alkyl halides is 3. The van der Waals surface area contributed by atoms with Gasteiger partial charge in [-0.15, -0.1) is 11.3 Å². The number of nitrogens with two attached hydrogens (primary N) is 1. The first kappa shape index (κ1) is 23.4. The molecule has 3 rings (SSSR count). The van der Waals surface area contributed by atoms with E-state index in [1.165, 1.54) is 17.4 Å². The number of anilines is 2. The quantitative estimate of drug-likeness (QED) is 0.520. The Balaban J connectivity index is 1.84. The van der Waals surface area contributed by atoms with Crippen LogP contribution in [0, 0.1) is 5.92 Å². The number of benzene rings is 1. The van der Waals surface area contributed by atoms with E-state index >= 15 is 0 Å². The van der Waals surface area contributed by atoms with Crippen molar-refractivity contribution >= 4 is 45.4 Å². The third kappa shape index (κ3) is 5.15. The molecule has 1 aliphatic carbocycles. The maximum absolute atomic E-state index is 13.0. The topological polar surface area (TPSA) is 84.2 Å². The van der Waals surface area contributed by atoms with Crippen molar-refractivity contribution in [2.45, 2.75) is 51.7 Å². The summed E-state index contributed by atoms with van der Waals surface area (Å²) in [5, 5.41) is 6.00. The van der Waals surface area contributed by atoms with E-state index in [-0.39, 0.29) is 16.6 Å². The molecule has 10 heteroatoms. The number of rotatable bonds is 6. The van der Waals surface area contributed by atoms with Gasteiger partial charge in [-0.25, -0.2) is 0 Å². The molecule has 1 aromatic carbocycles. The summed E-state index contributed by atoms with van der Waals surface area (Å²) >= 11 is 7.38. The Bertz CT molecular complexity index is 1000. The van der Waals surface area contributed by atoms with Gasteiger partial charge in [0.25, 0.3) is 5.91 Å². The average molecular weight is 474 g/mol. The number of aryl methyl sites for hydroxylation is 1. The molecule has 1 atom stereocenters. The molecule has 0 aliphatic heterocycles. The van der Waals surface area contributed by atoms with Crippen molar-refractivity contribution < 1.29 is 22.8 Å². The number of hydrogen-bond acceptors (Lipinski definition) is 4. The predicted molar refractivity (Wildman–Crippen MR) is 117 cm³/mol. The van der Waals surface area contributed by atoms with Gasteiger partial charge in [-0.05, 0) is 55.4 Å². The second-order valence-electron chi connectivity index (χ2n) is 7.83. The number of carbonyl (C=O) groups excluding carboxylic acids is 2. The maximum atomic E-state index is 13.0. The van der Waals surface area contributed by atoms with E-state index in [1.807, 2.05) is 0 Å². The minimum atomic E-state index is -4.51. The highest BCUT2D eigenvalue weighted by Gasteiger charge is 2.32. The Kier molecular flexibility index (Phi) is 6.85. The number of hydrogen-bond donors (Lipinski definition) is 3. The number of amides is 2. The number of halogens is 4. The number of nitrogens with one attached hydrogen (secondary N) is 2. The molecule has 1 aromatic heterocycles. The third-order valence-corrected chi connectivity index (χ3v) is 6.73. The van der Waals surface area contributed by atoms with E-state index in [1.54, 1.807) is 13.8 Å². The first-order valence-electron chi connectivity index (χ1n) is 9.87. The van der Waals surface area contributed by atoms with Crippen molar-refractivity contribution in [3.63, 3.8) is 0 Å². The molecule has 168 valence electrons. The molecule has 4 N–H and O–H groups in total. The van der Waals surface area contributed by atoms with E-state index in [0.717, 1.165) is 48.3 Å². The molecule has 0 fully saturated rings. The Morgan fingerprint density at radius 3 is 2.45 bits per heavy atom. The monoisotopic (exact) mass is 473 g/mol. The van der Waals surface area contributed by atoms with Crippen molar-refractivity contribution in [1.82, 2.24) is 0 Å². The predicted octanol–water partition coefficient (Wildman–Crippen LogP) is 5.47. The summed E-state index contributed by atoms with van der Waals surface area (Å²) in [6, 6.07) is 2.13. The van der Waals surface area contributed by atoms with Crippen LogP contribution in [0.3, 0.4) is 0 Å². The number of thiophene rings is 1. The van der Waals surface area contributed by atoms with E-state index in [9.17, 15) is 22.8 Å². The lowest BCUT2D eigenvalue weighted by Crippen LogP contribution is -2.39. The molecule has 2 aromatic rings. The fourth-order valence-electron chi connectivity index (χ4n) is 3.62. The minimum Gasteiger partial charge on any atom is -0.372 e. The molecule has 31 heavy (non-hydrogen) atoms. The molecule has 0 spiro atoms. The summed E-state index contributed by atoms with van der Waals surface area (Å²) in [5.74, 6) is -1.23. The van der Waals surface area contributed by atoms with Gasteiger partial charge in [0.1, 0.15) is 11.0 Å². The van der Waals surface area contributed by atoms with Crippen molar-refractivity contribution in [2.24, 2.45) is 11.7 Å². The second kappa shape index (κ2) is 9.08. The fraction of sp³-hybridized carbons (Fsp3) is 0.429. The van der Waals surface area contributed by atoms with Crippen LogP contribution in [-0.4, -0.2) is 17.9 Å². The smallest absolute Gasteiger partial charge is 0.372 e. The summed E-state index contributed by atoms with van der Waals surface area (Å²) in [6.45, 7) is 3.59. The highest BCUT2D eigenvalue weighted by Crippen LogP contribution is 2.38. The highest BCUT2D eigenvalue weighted by molar-refractivity contribution is 7.17. The van der Waals surface area contributed by atoms with Gasteiger partial charge in [0.15, 0.2) is 0 Å². The maximum Gasteiger partial charge on any atom is 0.416 e. The molecule has 0 saturated carbocycles. The van der Waals surface area contributed by atoms with Gasteiger partial charge in [0.2, 0.25) is 5.91 Å². The Labute approximate surface area is 187 Å². The van der Waals surface area contributed by atoms with Crippen LogP contribution in [0.5, 0.6) is 0 Å². The standard InChI is InChI=1S/C21H23ClF3N3O2S/c1-10(2)17(27-14-8-7-11(9-13(14)22)21(23,24)25)19(30)28-20-16(18(26)29)12-5-3-4-6-15(12)31-20/h7-10,17,27H,3-6H2,1-2H3,(H2,26,29)(H,28,30)/t17-/m1/s1. The first-order chi connectivity index (χ1) is 14.5. The number of fused-ring (bicyclic) bond motifs is 1. The van der Waals surface area contributed by atoms with Gasteiger partial charge < -0.3 is 16.4 Å². The van der Waals surface area contributed by atoms with Crippen molar-refractivity contribution in [3.8, 4) is 0 Å². The van der Waals surface area contributed by atoms with Gasteiger partial charge in [0, 0.05) is 4.88 Å². The minimum absolute atomic E-state index is 0.141. The van der Waals surface area contributed by atoms with Crippen molar-refractivity contribution in [3.05, 3.63) is 44.8 Å². The van der Waals surface area contributed by atoms with E-state index in [0.29, 0.717) is 10.6 Å². The molecule has 5 nitrogen and oxygen atoms in total. The summed E-state index contributed by atoms with van der Waals surface area (Å²) in [4.78, 5) is 26.1. The van der Waals surface area contributed by atoms with Crippen molar-refractivity contribution in [1.29, 1.82) is 0 Å². The molecule has 1 aliphatic rings. The molecule has 0 saturated heterocycles. The van der Waals surface area contributed by atoms with Gasteiger partial charge in [-0.1, -0.05) is 25.4 Å². The largest absolute Gasteiger partial charge is 0.416 e. The van der Waals surface area contributed by atoms with Crippen LogP contribution in [0.25, 0.3) is 0 Å². The summed E-state index contributed by atoms with van der Waals surface area (Å²) in [5.41, 5.74) is 6.17. The zero-order valence-corrected chi connectivity index (χ0v) is 18.6. The van der Waals surface area contributed by atoms with E-state index in [4.69, 9.17) is 17.3 Å². The van der Waals surface area contributed by atoms with Gasteiger partial charge in [-0.2, -0.15) is 13.2 Å². The lowest BCUT2D eigenvalue weighted by molar-refractivity contribution is -0.137. The van der Waals surface area contributed by atoms with Crippen LogP contribution in [0.1, 0.15) is 53.1 Å². The van der Waals surface area contributed by atoms with Gasteiger partial charge in [-0.3, -0.25) is 9.59 Å². The summed E-state index contributed by atoms with van der Waals surface area (Å²) < 4.78 is 38.6. The van der Waals surface area contributed by atoms with Crippen LogP contribution < -0.4 is 16.4 Å². The Hall–Kier alpha value is -2.26. The van der Waals surface area contributed by atoms with E-state index in [2.05, 4.69) is 10.6 Å². The number of carbonyl (C=O) groups is 2. The Morgan fingerprint density at radius 2 is 1.87 bits per heavy atom. The molecule has 0 unspecified atom stereocenters. The lowest BCUT2D eigenvalue weighted by atomic mass is 9.95. The summed E-state index contributed by atoms with van der Waals surface area (Å²) in [7, 11) is 0. The molecule has 1 heterocycles. The van der Waals surface area contributed by atoms with Crippen LogP contribution in [0.15, 0.2) is 18.2 Å². The van der Waals surface area contributed by atoms with Gasteiger partial charge >= 0.3 is 6.18 Å². The van der Waals surface area contributed by atoms with Crippen LogP contribution in [0.2, 0.25) is 5.02 Å². The third-order valence-electron chi connectivity index (χ3n) is 5.21. The molecule has 2 amide bonds. The fourth-order valence-corrected chi connectivity index (χ4v) is 5.15. The van der Waals surface area contributed by atoms with Crippen molar-refractivity contribution in [2.75, 3.05) is 10.6 Å². The van der Waals surface area contributed by atoms with E-state index < -0.39 is 29.6 Å². The average Bonchev–Trinajstić information content (AvgIpc) is 3.03. The molecular formula is C21H23ClF3N3O2S. The molecule has 0 radical (unpaired) electrons. The zero-order valence-electron chi connectivity index (χ0n) is 17.0. The SMILES string of the molecule is CC(C)[C@@H](Nc1ccc(C(F)(F)F)cc1Cl)C(=O)Nc1sc2c(c1C(N)=O)CCCC2. The van der Waals surface area contributed by atoms with Crippen LogP contribution in [0.4, 0.5) is 23.9 Å². The second-order valence-corrected chi connectivity index (χ2v) is 9.34. The molecular weight excluding hydrogens is 451 g/mol. The highest BCUT2D eigenvalue weighted by atomic mass is 35.5. The molecule has 0 bridgehead atoms. The normalized spacial score (nSPS) is 14.8. The lowest BCUT2D eigenvalue weighted by Gasteiger charge is -2.23. The van der Waals surface area contributed by atoms with Crippen LogP contribution in [-0.2, 0) is 23.8 Å². The van der Waals surface area contributed by atoms with Crippen LogP contribution >= 0.6 is 22.9 Å².